The van der Waals surface area contributed by atoms with E-state index in [1.54, 1.807) is 17.3 Å². The van der Waals surface area contributed by atoms with Gasteiger partial charge in [0.2, 0.25) is 0 Å². The number of anilines is 1. The number of nitrogens with two attached hydrogens (primary N) is 1. The van der Waals surface area contributed by atoms with Crippen molar-refractivity contribution in [3.63, 3.8) is 0 Å². The fraction of sp³-hybridized carbons (Fsp3) is 0.143. The molecule has 0 aliphatic carbocycles. The molecule has 1 aromatic rings. The number of nitrogens with zero attached hydrogens (tertiary/aromatic N) is 2. The van der Waals surface area contributed by atoms with Gasteiger partial charge in [-0.25, -0.2) is 5.01 Å². The molecule has 19 heavy (non-hydrogen) atoms. The molecule has 0 aromatic heterocycles. The number of esters is 1. The first kappa shape index (κ1) is 12.9. The summed E-state index contributed by atoms with van der Waals surface area (Å²) in [4.78, 5) is 11.7. The Morgan fingerprint density at radius 2 is 2.21 bits per heavy atom. The third-order valence-electron chi connectivity index (χ3n) is 2.58. The lowest BCUT2D eigenvalue weighted by Crippen LogP contribution is -2.35. The zero-order valence-electron chi connectivity index (χ0n) is 10.4. The average molecular weight is 257 g/mol. The Morgan fingerprint density at radius 1 is 1.47 bits per heavy atom. The van der Waals surface area contributed by atoms with Crippen LogP contribution in [0.3, 0.4) is 0 Å². The molecule has 0 fully saturated rings. The number of amidine groups is 1. The molecule has 1 unspecified atom stereocenters. The van der Waals surface area contributed by atoms with Crippen molar-refractivity contribution >= 4 is 17.5 Å². The molecule has 98 valence electrons. The molecule has 2 rings (SSSR count). The van der Waals surface area contributed by atoms with Gasteiger partial charge in [0.25, 0.3) is 0 Å². The van der Waals surface area contributed by atoms with Gasteiger partial charge in [0.1, 0.15) is 18.4 Å². The second-order valence-electron chi connectivity index (χ2n) is 3.94. The van der Waals surface area contributed by atoms with Gasteiger partial charge in [-0.2, -0.15) is 5.10 Å². The third kappa shape index (κ3) is 3.01. The van der Waals surface area contributed by atoms with Crippen LogP contribution in [0.4, 0.5) is 5.69 Å². The fourth-order valence-corrected chi connectivity index (χ4v) is 1.64. The van der Waals surface area contributed by atoms with Crippen LogP contribution in [0.1, 0.15) is 0 Å². The van der Waals surface area contributed by atoms with Crippen LogP contribution in [0.15, 0.2) is 60.4 Å². The van der Waals surface area contributed by atoms with Gasteiger partial charge in [0.15, 0.2) is 0 Å². The number of carbonyl (C=O) groups excluding carboxylic acids is 1. The molecule has 5 heteroatoms. The lowest BCUT2D eigenvalue weighted by Gasteiger charge is -2.22. The molecule has 2 N–H and O–H groups in total. The monoisotopic (exact) mass is 257 g/mol. The molecule has 1 aliphatic rings. The van der Waals surface area contributed by atoms with Crippen LogP contribution in [-0.2, 0) is 9.53 Å². The van der Waals surface area contributed by atoms with Crippen LogP contribution < -0.4 is 10.7 Å². The Bertz CT molecular complexity index is 523. The van der Waals surface area contributed by atoms with Gasteiger partial charge < -0.3 is 10.5 Å². The topological polar surface area (TPSA) is 67.9 Å². The molecule has 0 radical (unpaired) electrons. The maximum atomic E-state index is 11.7. The minimum absolute atomic E-state index is 0.166. The van der Waals surface area contributed by atoms with Crippen LogP contribution in [0.5, 0.6) is 0 Å². The first-order valence-electron chi connectivity index (χ1n) is 5.86. The molecule has 1 atom stereocenters. The minimum atomic E-state index is -0.639. The highest BCUT2D eigenvalue weighted by atomic mass is 16.5. The van der Waals surface area contributed by atoms with Crippen molar-refractivity contribution in [2.75, 3.05) is 11.6 Å². The summed E-state index contributed by atoms with van der Waals surface area (Å²) in [7, 11) is 0. The quantitative estimate of drug-likeness (QED) is 0.657. The van der Waals surface area contributed by atoms with E-state index in [2.05, 4.69) is 11.7 Å². The summed E-state index contributed by atoms with van der Waals surface area (Å²) in [6.45, 7) is 3.65. The molecule has 1 aliphatic heterocycles. The van der Waals surface area contributed by atoms with Crippen molar-refractivity contribution in [3.05, 3.63) is 55.3 Å². The summed E-state index contributed by atoms with van der Waals surface area (Å²) in [5.74, 6) is -0.856. The van der Waals surface area contributed by atoms with Gasteiger partial charge in [-0.3, -0.25) is 4.79 Å². The Labute approximate surface area is 111 Å². The van der Waals surface area contributed by atoms with Crippen LogP contribution >= 0.6 is 0 Å². The second kappa shape index (κ2) is 5.86. The molecule has 0 bridgehead atoms. The summed E-state index contributed by atoms with van der Waals surface area (Å²) in [5.41, 5.74) is 6.68. The summed E-state index contributed by atoms with van der Waals surface area (Å²) >= 11 is 0. The molecule has 0 spiro atoms. The van der Waals surface area contributed by atoms with E-state index in [-0.39, 0.29) is 12.4 Å². The minimum Gasteiger partial charge on any atom is -0.461 e. The zero-order valence-corrected chi connectivity index (χ0v) is 10.4. The predicted octanol–water partition coefficient (Wildman–Crippen LogP) is 1.64. The van der Waals surface area contributed by atoms with Crippen molar-refractivity contribution in [1.82, 2.24) is 0 Å². The molecular weight excluding hydrogens is 242 g/mol. The average Bonchev–Trinajstić information content (AvgIpc) is 2.45. The first-order valence-corrected chi connectivity index (χ1v) is 5.86. The lowest BCUT2D eigenvalue weighted by atomic mass is 10.1. The zero-order chi connectivity index (χ0) is 13.7. The maximum absolute atomic E-state index is 11.7. The number of carbonyl (C=O) groups is 1. The fourth-order valence-electron chi connectivity index (χ4n) is 1.64. The normalized spacial score (nSPS) is 17.8. The van der Waals surface area contributed by atoms with Gasteiger partial charge in [-0.1, -0.05) is 30.9 Å². The van der Waals surface area contributed by atoms with Gasteiger partial charge in [-0.15, -0.1) is 0 Å². The molecular formula is C14H15N3O2. The number of hydrazone groups is 1. The van der Waals surface area contributed by atoms with E-state index in [4.69, 9.17) is 10.5 Å². The van der Waals surface area contributed by atoms with Crippen molar-refractivity contribution < 1.29 is 9.53 Å². The largest absolute Gasteiger partial charge is 0.461 e. The lowest BCUT2D eigenvalue weighted by molar-refractivity contribution is -0.143. The highest BCUT2D eigenvalue weighted by Gasteiger charge is 2.25. The Balaban J connectivity index is 2.10. The summed E-state index contributed by atoms with van der Waals surface area (Å²) in [6, 6.07) is 9.52. The molecule has 0 amide bonds. The summed E-state index contributed by atoms with van der Waals surface area (Å²) < 4.78 is 4.95. The van der Waals surface area contributed by atoms with Crippen LogP contribution in [-0.4, -0.2) is 18.4 Å². The van der Waals surface area contributed by atoms with Crippen molar-refractivity contribution in [3.8, 4) is 0 Å². The van der Waals surface area contributed by atoms with Gasteiger partial charge in [0.05, 0.1) is 5.69 Å². The van der Waals surface area contributed by atoms with Crippen molar-refractivity contribution in [2.24, 2.45) is 16.8 Å². The van der Waals surface area contributed by atoms with E-state index in [1.165, 1.54) is 6.08 Å². The van der Waals surface area contributed by atoms with E-state index >= 15 is 0 Å². The highest BCUT2D eigenvalue weighted by Crippen LogP contribution is 2.19. The van der Waals surface area contributed by atoms with Gasteiger partial charge in [-0.05, 0) is 18.2 Å². The predicted molar refractivity (Wildman–Crippen MR) is 74.3 cm³/mol. The molecule has 1 heterocycles. The van der Waals surface area contributed by atoms with Crippen molar-refractivity contribution in [1.29, 1.82) is 0 Å². The summed E-state index contributed by atoms with van der Waals surface area (Å²) in [5, 5.41) is 5.80. The Hall–Kier alpha value is -2.56. The molecule has 0 saturated carbocycles. The van der Waals surface area contributed by atoms with Gasteiger partial charge >= 0.3 is 5.97 Å². The Kier molecular flexibility index (Phi) is 3.97. The van der Waals surface area contributed by atoms with Crippen molar-refractivity contribution in [2.45, 2.75) is 0 Å². The number of para-hydroxylation sites is 1. The number of hydrogen-bond donors (Lipinski definition) is 1. The number of ether oxygens (including phenoxy) is 1. The van der Waals surface area contributed by atoms with E-state index < -0.39 is 11.9 Å². The Morgan fingerprint density at radius 3 is 2.84 bits per heavy atom. The van der Waals surface area contributed by atoms with Gasteiger partial charge in [0, 0.05) is 6.20 Å². The van der Waals surface area contributed by atoms with Crippen LogP contribution in [0.25, 0.3) is 0 Å². The maximum Gasteiger partial charge on any atom is 0.320 e. The third-order valence-corrected chi connectivity index (χ3v) is 2.58. The standard InChI is InChI=1S/C14H15N3O2/c1-2-10-19-14(18)12-8-9-17(16-13(12)15)11-6-4-3-5-7-11/h2-9,12H,1,10H2,(H2,15,16). The molecule has 0 saturated heterocycles. The first-order chi connectivity index (χ1) is 9.22. The SMILES string of the molecule is C=CCOC(=O)C1C=CN(c2ccccc2)N=C1N. The summed E-state index contributed by atoms with van der Waals surface area (Å²) in [6.07, 6.45) is 4.88. The van der Waals surface area contributed by atoms with E-state index in [0.717, 1.165) is 5.69 Å². The van der Waals surface area contributed by atoms with Crippen LogP contribution in [0.2, 0.25) is 0 Å². The second-order valence-corrected chi connectivity index (χ2v) is 3.94. The van der Waals surface area contributed by atoms with E-state index in [9.17, 15) is 4.79 Å². The molecule has 1 aromatic carbocycles. The highest BCUT2D eigenvalue weighted by molar-refractivity contribution is 6.03. The number of hydrogen-bond acceptors (Lipinski definition) is 5. The molecule has 5 nitrogen and oxygen atoms in total. The smallest absolute Gasteiger partial charge is 0.320 e. The van der Waals surface area contributed by atoms with Crippen LogP contribution in [0, 0.1) is 5.92 Å². The number of benzene rings is 1. The number of rotatable bonds is 4. The van der Waals surface area contributed by atoms with E-state index in [1.807, 2.05) is 30.3 Å². The van der Waals surface area contributed by atoms with E-state index in [0.29, 0.717) is 0 Å².